The van der Waals surface area contributed by atoms with E-state index in [1.807, 2.05) is 0 Å². The molecule has 0 aliphatic carbocycles. The largest absolute Gasteiger partial charge is 0.454 e. The first-order chi connectivity index (χ1) is 14.2. The lowest BCUT2D eigenvalue weighted by Gasteiger charge is -2.14. The molecule has 0 spiro atoms. The molecule has 0 bridgehead atoms. The normalized spacial score (nSPS) is 12.3. The SMILES string of the molecule is C=Cc1ccc(S(=O)(=O)Oc2c(I)cc(C(=O)OCC(F)(F)S(=O)(=O)O)cc2I)cc1. The lowest BCUT2D eigenvalue weighted by atomic mass is 10.2. The monoisotopic (exact) mass is 700 g/mol. The van der Waals surface area contributed by atoms with E-state index in [4.69, 9.17) is 8.74 Å². The van der Waals surface area contributed by atoms with Crippen LogP contribution in [0.1, 0.15) is 15.9 Å². The highest BCUT2D eigenvalue weighted by atomic mass is 127. The first kappa shape index (κ1) is 25.9. The summed E-state index contributed by atoms with van der Waals surface area (Å²) in [5, 5.41) is -4.68. The smallest absolute Gasteiger partial charge is 0.402 e. The number of hydrogen-bond donors (Lipinski definition) is 1. The molecule has 2 aromatic rings. The fourth-order valence-corrected chi connectivity index (χ4v) is 5.45. The van der Waals surface area contributed by atoms with Gasteiger partial charge in [0.15, 0.2) is 12.4 Å². The van der Waals surface area contributed by atoms with Crippen LogP contribution in [0.3, 0.4) is 0 Å². The molecule has 0 amide bonds. The summed E-state index contributed by atoms with van der Waals surface area (Å²) >= 11 is 3.35. The highest BCUT2D eigenvalue weighted by molar-refractivity contribution is 14.1. The number of halogens is 4. The van der Waals surface area contributed by atoms with Gasteiger partial charge in [0, 0.05) is 0 Å². The van der Waals surface area contributed by atoms with Crippen molar-refractivity contribution in [2.45, 2.75) is 10.2 Å². The molecule has 0 atom stereocenters. The number of alkyl halides is 2. The maximum absolute atomic E-state index is 13.2. The van der Waals surface area contributed by atoms with Gasteiger partial charge in [-0.15, -0.1) is 0 Å². The van der Waals surface area contributed by atoms with Crippen molar-refractivity contribution in [3.05, 3.63) is 61.2 Å². The zero-order valence-corrected chi connectivity index (χ0v) is 21.0. The van der Waals surface area contributed by atoms with Gasteiger partial charge in [-0.2, -0.15) is 25.6 Å². The van der Waals surface area contributed by atoms with Crippen LogP contribution in [0.4, 0.5) is 8.78 Å². The van der Waals surface area contributed by atoms with Gasteiger partial charge in [-0.1, -0.05) is 24.8 Å². The number of carbonyl (C=O) groups is 1. The molecule has 1 N–H and O–H groups in total. The molecule has 0 fully saturated rings. The number of benzene rings is 2. The predicted molar refractivity (Wildman–Crippen MR) is 123 cm³/mol. The second-order valence-corrected chi connectivity index (χ2v) is 11.2. The van der Waals surface area contributed by atoms with Crippen molar-refractivity contribution in [3.8, 4) is 5.75 Å². The Morgan fingerprint density at radius 3 is 2.06 bits per heavy atom. The average Bonchev–Trinajstić information content (AvgIpc) is 2.68. The number of rotatable bonds is 8. The standard InChI is InChI=1S/C17H12F2I2O8S2/c1-2-10-3-5-12(6-4-10)30(23,24)29-15-13(20)7-11(8-14(15)21)16(22)28-9-17(18,19)31(25,26)27/h2-8H,1,9H2,(H,25,26,27). The van der Waals surface area contributed by atoms with E-state index in [1.54, 1.807) is 45.2 Å². The Balaban J connectivity index is 2.25. The molecule has 168 valence electrons. The van der Waals surface area contributed by atoms with Crippen molar-refractivity contribution in [1.82, 2.24) is 0 Å². The zero-order valence-electron chi connectivity index (χ0n) is 15.1. The summed E-state index contributed by atoms with van der Waals surface area (Å²) in [6.07, 6.45) is 1.53. The molecule has 0 aromatic heterocycles. The average molecular weight is 700 g/mol. The summed E-state index contributed by atoms with van der Waals surface area (Å²) in [7, 11) is -9.98. The minimum Gasteiger partial charge on any atom is -0.454 e. The quantitative estimate of drug-likeness (QED) is 0.190. The van der Waals surface area contributed by atoms with Crippen molar-refractivity contribution < 1.29 is 43.9 Å². The van der Waals surface area contributed by atoms with E-state index in [2.05, 4.69) is 11.3 Å². The Hall–Kier alpha value is -1.37. The van der Waals surface area contributed by atoms with E-state index < -0.39 is 38.1 Å². The van der Waals surface area contributed by atoms with Gasteiger partial charge in [0.2, 0.25) is 0 Å². The van der Waals surface area contributed by atoms with Crippen molar-refractivity contribution in [1.29, 1.82) is 0 Å². The molecule has 0 unspecified atom stereocenters. The van der Waals surface area contributed by atoms with E-state index in [0.717, 1.165) is 12.1 Å². The molecule has 2 aromatic carbocycles. The van der Waals surface area contributed by atoms with Crippen molar-refractivity contribution >= 4 is 77.5 Å². The summed E-state index contributed by atoms with van der Waals surface area (Å²) in [6, 6.07) is 7.94. The number of hydrogen-bond acceptors (Lipinski definition) is 7. The van der Waals surface area contributed by atoms with E-state index in [1.165, 1.54) is 30.3 Å². The van der Waals surface area contributed by atoms with E-state index >= 15 is 0 Å². The molecule has 0 saturated heterocycles. The molecular formula is C17H12F2I2O8S2. The van der Waals surface area contributed by atoms with E-state index in [0.29, 0.717) is 5.56 Å². The molecule has 14 heteroatoms. The van der Waals surface area contributed by atoms with Crippen LogP contribution < -0.4 is 4.18 Å². The van der Waals surface area contributed by atoms with Gasteiger partial charge in [0.25, 0.3) is 0 Å². The molecular weight excluding hydrogens is 688 g/mol. The summed E-state index contributed by atoms with van der Waals surface area (Å²) < 4.78 is 90.8. The van der Waals surface area contributed by atoms with Gasteiger partial charge in [-0.3, -0.25) is 4.55 Å². The lowest BCUT2D eigenvalue weighted by molar-refractivity contribution is -0.00951. The molecule has 0 radical (unpaired) electrons. The van der Waals surface area contributed by atoms with Crippen LogP contribution in [-0.2, 0) is 25.0 Å². The molecule has 8 nitrogen and oxygen atoms in total. The molecule has 0 aliphatic rings. The Morgan fingerprint density at radius 1 is 1.10 bits per heavy atom. The third kappa shape index (κ3) is 6.33. The predicted octanol–water partition coefficient (Wildman–Crippen LogP) is 3.94. The Kier molecular flexibility index (Phi) is 8.05. The summed E-state index contributed by atoms with van der Waals surface area (Å²) in [5.74, 6) is -1.41. The molecule has 31 heavy (non-hydrogen) atoms. The third-order valence-corrected chi connectivity index (χ3v) is 7.29. The number of carbonyl (C=O) groups excluding carboxylic acids is 1. The number of ether oxygens (including phenoxy) is 1. The second kappa shape index (κ2) is 9.63. The topological polar surface area (TPSA) is 124 Å². The highest BCUT2D eigenvalue weighted by Gasteiger charge is 2.45. The minimum absolute atomic E-state index is 0.103. The Labute approximate surface area is 203 Å². The summed E-state index contributed by atoms with van der Waals surface area (Å²) in [5.41, 5.74) is 0.436. The Bertz CT molecular complexity index is 1200. The number of esters is 1. The van der Waals surface area contributed by atoms with Crippen LogP contribution in [0, 0.1) is 7.14 Å². The van der Waals surface area contributed by atoms with Crippen molar-refractivity contribution in [3.63, 3.8) is 0 Å². The third-order valence-electron chi connectivity index (χ3n) is 3.58. The minimum atomic E-state index is -5.76. The van der Waals surface area contributed by atoms with Crippen molar-refractivity contribution in [2.75, 3.05) is 6.61 Å². The van der Waals surface area contributed by atoms with Gasteiger partial charge < -0.3 is 8.92 Å². The molecule has 0 heterocycles. The molecule has 2 rings (SSSR count). The summed E-state index contributed by atoms with van der Waals surface area (Å²) in [6.45, 7) is 1.67. The van der Waals surface area contributed by atoms with Gasteiger partial charge in [-0.05, 0) is 75.0 Å². The van der Waals surface area contributed by atoms with Gasteiger partial charge in [0.1, 0.15) is 4.90 Å². The zero-order chi connectivity index (χ0) is 23.6. The maximum atomic E-state index is 13.2. The fourth-order valence-electron chi connectivity index (χ4n) is 1.99. The van der Waals surface area contributed by atoms with E-state index in [-0.39, 0.29) is 23.3 Å². The fraction of sp³-hybridized carbons (Fsp3) is 0.118. The van der Waals surface area contributed by atoms with Gasteiger partial charge >= 0.3 is 31.5 Å². The van der Waals surface area contributed by atoms with Crippen LogP contribution in [0.15, 0.2) is 47.9 Å². The van der Waals surface area contributed by atoms with Gasteiger partial charge in [-0.25, -0.2) is 4.79 Å². The first-order valence-electron chi connectivity index (χ1n) is 7.86. The maximum Gasteiger partial charge on any atom is 0.402 e. The van der Waals surface area contributed by atoms with Crippen LogP contribution >= 0.6 is 45.2 Å². The molecule has 0 saturated carbocycles. The van der Waals surface area contributed by atoms with Gasteiger partial charge in [0.05, 0.1) is 12.7 Å². The molecule has 0 aliphatic heterocycles. The highest BCUT2D eigenvalue weighted by Crippen LogP contribution is 2.32. The Morgan fingerprint density at radius 2 is 1.61 bits per heavy atom. The van der Waals surface area contributed by atoms with E-state index in [9.17, 15) is 30.4 Å². The van der Waals surface area contributed by atoms with Crippen LogP contribution in [0.2, 0.25) is 0 Å². The van der Waals surface area contributed by atoms with Crippen molar-refractivity contribution in [2.24, 2.45) is 0 Å². The van der Waals surface area contributed by atoms with Crippen LogP contribution in [0.5, 0.6) is 5.75 Å². The first-order valence-corrected chi connectivity index (χ1v) is 12.9. The van der Waals surface area contributed by atoms with Crippen LogP contribution in [0.25, 0.3) is 6.08 Å². The second-order valence-electron chi connectivity index (χ2n) is 5.77. The lowest BCUT2D eigenvalue weighted by Crippen LogP contribution is -2.34. The summed E-state index contributed by atoms with van der Waals surface area (Å²) in [4.78, 5) is 11.9. The van der Waals surface area contributed by atoms with Crippen LogP contribution in [-0.4, -0.2) is 39.2 Å².